The number of thioether (sulfide) groups is 1. The summed E-state index contributed by atoms with van der Waals surface area (Å²) >= 11 is 1.79. The van der Waals surface area contributed by atoms with Crippen molar-refractivity contribution < 1.29 is 8.42 Å². The van der Waals surface area contributed by atoms with E-state index in [0.29, 0.717) is 4.90 Å². The van der Waals surface area contributed by atoms with Crippen molar-refractivity contribution in [3.63, 3.8) is 0 Å². The maximum Gasteiger partial charge on any atom is 0.180 e. The molecule has 0 spiro atoms. The molecule has 1 aromatic carbocycles. The molecular formula is C12H19NO2S2. The molecule has 0 aliphatic rings. The monoisotopic (exact) mass is 273 g/mol. The van der Waals surface area contributed by atoms with Crippen LogP contribution in [0.3, 0.4) is 0 Å². The van der Waals surface area contributed by atoms with E-state index < -0.39 is 9.84 Å². The number of hydrogen-bond donors (Lipinski definition) is 1. The summed E-state index contributed by atoms with van der Waals surface area (Å²) in [7, 11) is -3.14. The molecule has 0 aliphatic carbocycles. The van der Waals surface area contributed by atoms with E-state index in [2.05, 4.69) is 11.6 Å². The Balaban J connectivity index is 2.79. The zero-order chi connectivity index (χ0) is 12.7. The van der Waals surface area contributed by atoms with E-state index in [0.717, 1.165) is 24.4 Å². The topological polar surface area (TPSA) is 46.2 Å². The maximum atomic E-state index is 11.9. The van der Waals surface area contributed by atoms with Gasteiger partial charge in [-0.1, -0.05) is 19.1 Å². The zero-order valence-corrected chi connectivity index (χ0v) is 11.9. The van der Waals surface area contributed by atoms with E-state index in [9.17, 15) is 8.42 Å². The van der Waals surface area contributed by atoms with Crippen LogP contribution in [0.15, 0.2) is 29.2 Å². The SMILES string of the molecule is CCS(=O)(=O)c1ccccc1NCCCSC. The van der Waals surface area contributed by atoms with Gasteiger partial charge in [0.2, 0.25) is 0 Å². The van der Waals surface area contributed by atoms with Crippen LogP contribution in [0, 0.1) is 0 Å². The van der Waals surface area contributed by atoms with Crippen LogP contribution in [0.4, 0.5) is 5.69 Å². The quantitative estimate of drug-likeness (QED) is 0.776. The Bertz CT molecular complexity index is 444. The number of anilines is 1. The lowest BCUT2D eigenvalue weighted by molar-refractivity contribution is 0.597. The van der Waals surface area contributed by atoms with E-state index in [1.54, 1.807) is 30.8 Å². The molecule has 0 radical (unpaired) electrons. The molecule has 3 nitrogen and oxygen atoms in total. The highest BCUT2D eigenvalue weighted by molar-refractivity contribution is 7.98. The molecule has 0 fully saturated rings. The number of rotatable bonds is 7. The summed E-state index contributed by atoms with van der Waals surface area (Å²) in [6.45, 7) is 2.47. The molecule has 0 aliphatic heterocycles. The molecule has 5 heteroatoms. The Morgan fingerprint density at radius 3 is 2.65 bits per heavy atom. The first-order valence-electron chi connectivity index (χ1n) is 5.66. The average molecular weight is 273 g/mol. The molecule has 96 valence electrons. The maximum absolute atomic E-state index is 11.9. The van der Waals surface area contributed by atoms with E-state index in [1.165, 1.54) is 0 Å². The van der Waals surface area contributed by atoms with Crippen molar-refractivity contribution in [2.24, 2.45) is 0 Å². The minimum atomic E-state index is -3.14. The summed E-state index contributed by atoms with van der Waals surface area (Å²) in [5.74, 6) is 1.21. The van der Waals surface area contributed by atoms with Gasteiger partial charge in [-0.2, -0.15) is 11.8 Å². The first kappa shape index (κ1) is 14.4. The summed E-state index contributed by atoms with van der Waals surface area (Å²) in [6.07, 6.45) is 3.09. The second-order valence-corrected chi connectivity index (χ2v) is 6.90. The third kappa shape index (κ3) is 4.24. The van der Waals surface area contributed by atoms with Crippen LogP contribution in [0.1, 0.15) is 13.3 Å². The Morgan fingerprint density at radius 1 is 1.29 bits per heavy atom. The van der Waals surface area contributed by atoms with Gasteiger partial charge in [-0.3, -0.25) is 0 Å². The van der Waals surface area contributed by atoms with Gasteiger partial charge in [0.25, 0.3) is 0 Å². The second kappa shape index (κ2) is 6.91. The van der Waals surface area contributed by atoms with Crippen LogP contribution in [0.25, 0.3) is 0 Å². The van der Waals surface area contributed by atoms with E-state index in [1.807, 2.05) is 12.1 Å². The molecule has 0 unspecified atom stereocenters. The predicted molar refractivity (Wildman–Crippen MR) is 75.7 cm³/mol. The van der Waals surface area contributed by atoms with E-state index in [-0.39, 0.29) is 5.75 Å². The molecule has 0 atom stereocenters. The van der Waals surface area contributed by atoms with Gasteiger partial charge in [0, 0.05) is 6.54 Å². The van der Waals surface area contributed by atoms with Crippen molar-refractivity contribution >= 4 is 27.3 Å². The predicted octanol–water partition coefficient (Wildman–Crippen LogP) is 2.65. The number of nitrogens with one attached hydrogen (secondary N) is 1. The van der Waals surface area contributed by atoms with Gasteiger partial charge < -0.3 is 5.32 Å². The minimum Gasteiger partial charge on any atom is -0.384 e. The van der Waals surface area contributed by atoms with Crippen LogP contribution >= 0.6 is 11.8 Å². The molecule has 1 N–H and O–H groups in total. The average Bonchev–Trinajstić information content (AvgIpc) is 2.35. The van der Waals surface area contributed by atoms with Gasteiger partial charge in [-0.25, -0.2) is 8.42 Å². The van der Waals surface area contributed by atoms with Gasteiger partial charge in [0.05, 0.1) is 16.3 Å². The fourth-order valence-corrected chi connectivity index (χ4v) is 2.98. The summed E-state index contributed by atoms with van der Waals surface area (Å²) in [4.78, 5) is 0.409. The lowest BCUT2D eigenvalue weighted by Crippen LogP contribution is -2.10. The van der Waals surface area contributed by atoms with Gasteiger partial charge >= 0.3 is 0 Å². The number of para-hydroxylation sites is 1. The highest BCUT2D eigenvalue weighted by atomic mass is 32.2. The van der Waals surface area contributed by atoms with Crippen LogP contribution < -0.4 is 5.32 Å². The third-order valence-electron chi connectivity index (χ3n) is 2.44. The molecule has 1 rings (SSSR count). The molecule has 0 heterocycles. The number of hydrogen-bond acceptors (Lipinski definition) is 4. The first-order valence-corrected chi connectivity index (χ1v) is 8.71. The Labute approximate surface area is 108 Å². The molecule has 0 bridgehead atoms. The Morgan fingerprint density at radius 2 is 2.00 bits per heavy atom. The van der Waals surface area contributed by atoms with Crippen molar-refractivity contribution in [1.82, 2.24) is 0 Å². The smallest absolute Gasteiger partial charge is 0.180 e. The second-order valence-electron chi connectivity index (χ2n) is 3.67. The number of benzene rings is 1. The van der Waals surface area contributed by atoms with Crippen LogP contribution in [0.2, 0.25) is 0 Å². The van der Waals surface area contributed by atoms with Crippen molar-refractivity contribution in [3.8, 4) is 0 Å². The summed E-state index contributed by atoms with van der Waals surface area (Å²) in [5.41, 5.74) is 0.718. The number of sulfone groups is 1. The van der Waals surface area contributed by atoms with Gasteiger partial charge in [-0.15, -0.1) is 0 Å². The molecule has 0 amide bonds. The lowest BCUT2D eigenvalue weighted by Gasteiger charge is -2.11. The van der Waals surface area contributed by atoms with E-state index in [4.69, 9.17) is 0 Å². The highest BCUT2D eigenvalue weighted by Gasteiger charge is 2.15. The summed E-state index contributed by atoms with van der Waals surface area (Å²) in [6, 6.07) is 7.10. The van der Waals surface area contributed by atoms with Gasteiger partial charge in [0.15, 0.2) is 9.84 Å². The molecule has 0 aromatic heterocycles. The largest absolute Gasteiger partial charge is 0.384 e. The standard InChI is InChI=1S/C12H19NO2S2/c1-3-17(14,15)12-8-5-4-7-11(12)13-9-6-10-16-2/h4-5,7-8,13H,3,6,9-10H2,1-2H3. The molecular weight excluding hydrogens is 254 g/mol. The van der Waals surface area contributed by atoms with Crippen LogP contribution in [-0.4, -0.2) is 32.7 Å². The normalized spacial score (nSPS) is 11.4. The van der Waals surface area contributed by atoms with Crippen molar-refractivity contribution in [2.45, 2.75) is 18.2 Å². The summed E-state index contributed by atoms with van der Waals surface area (Å²) < 4.78 is 23.7. The van der Waals surface area contributed by atoms with E-state index >= 15 is 0 Å². The van der Waals surface area contributed by atoms with Crippen molar-refractivity contribution in [3.05, 3.63) is 24.3 Å². The van der Waals surface area contributed by atoms with Crippen LogP contribution in [-0.2, 0) is 9.84 Å². The van der Waals surface area contributed by atoms with Gasteiger partial charge in [-0.05, 0) is 30.6 Å². The van der Waals surface area contributed by atoms with Gasteiger partial charge in [0.1, 0.15) is 0 Å². The van der Waals surface area contributed by atoms with Crippen molar-refractivity contribution in [2.75, 3.05) is 29.6 Å². The molecule has 0 saturated heterocycles. The third-order valence-corrected chi connectivity index (χ3v) is 4.93. The molecule has 1 aromatic rings. The fourth-order valence-electron chi connectivity index (χ4n) is 1.48. The fraction of sp³-hybridized carbons (Fsp3) is 0.500. The Kier molecular flexibility index (Phi) is 5.85. The molecule has 0 saturated carbocycles. The highest BCUT2D eigenvalue weighted by Crippen LogP contribution is 2.21. The van der Waals surface area contributed by atoms with Crippen LogP contribution in [0.5, 0.6) is 0 Å². The summed E-state index contributed by atoms with van der Waals surface area (Å²) in [5, 5.41) is 3.20. The Hall–Kier alpha value is -0.680. The lowest BCUT2D eigenvalue weighted by atomic mass is 10.3. The zero-order valence-electron chi connectivity index (χ0n) is 10.3. The minimum absolute atomic E-state index is 0.135. The van der Waals surface area contributed by atoms with Crippen molar-refractivity contribution in [1.29, 1.82) is 0 Å². The first-order chi connectivity index (χ1) is 8.11. The molecule has 17 heavy (non-hydrogen) atoms.